The molecule has 296 valence electrons. The Kier molecular flexibility index (Phi) is 9.77. The standard InChI is InChI=1S/2C22H17FN6O/c2*1-13(28-21-19-20(25-11-24-19)26-12-27-21)18-9-14-7-8-15(23)10-17(14)22(30)29(18)16-5-3-2-4-6-16/h2*2-13H,1H3,(H2,24,25,26,27,28)/t2*13-/m10/s1. The third-order valence-corrected chi connectivity index (χ3v) is 10.1. The third kappa shape index (κ3) is 7.06. The summed E-state index contributed by atoms with van der Waals surface area (Å²) in [4.78, 5) is 58.0. The highest BCUT2D eigenvalue weighted by molar-refractivity contribution is 5.85. The molecule has 0 spiro atoms. The molecule has 0 saturated heterocycles. The zero-order valence-electron chi connectivity index (χ0n) is 32.0. The SMILES string of the molecule is C[C@@H](Nc1ncnc2nc[nH]c12)c1cc2ccc(F)cc2c(=O)n1-c1ccccc1.C[C@H](Nc1ncnc2nc[nH]c12)c1cc2ccc(F)cc2c(=O)n1-c1ccccc1. The van der Waals surface area contributed by atoms with Gasteiger partial charge in [0.2, 0.25) is 0 Å². The maximum absolute atomic E-state index is 13.8. The van der Waals surface area contributed by atoms with Gasteiger partial charge in [-0.3, -0.25) is 18.7 Å². The lowest BCUT2D eigenvalue weighted by Crippen LogP contribution is -2.25. The summed E-state index contributed by atoms with van der Waals surface area (Å²) in [5, 5.41) is 8.69. The largest absolute Gasteiger partial charge is 0.360 e. The molecule has 10 rings (SSSR count). The van der Waals surface area contributed by atoms with Gasteiger partial charge in [0, 0.05) is 22.8 Å². The van der Waals surface area contributed by atoms with Crippen LogP contribution in [-0.2, 0) is 0 Å². The molecule has 0 aliphatic heterocycles. The van der Waals surface area contributed by atoms with E-state index < -0.39 is 11.6 Å². The van der Waals surface area contributed by atoms with Crippen molar-refractivity contribution in [2.45, 2.75) is 25.9 Å². The van der Waals surface area contributed by atoms with Gasteiger partial charge in [0.15, 0.2) is 22.9 Å². The topological polar surface area (TPSA) is 177 Å². The van der Waals surface area contributed by atoms with Gasteiger partial charge < -0.3 is 20.6 Å². The van der Waals surface area contributed by atoms with Crippen LogP contribution >= 0.6 is 0 Å². The number of nitrogens with one attached hydrogen (secondary N) is 4. The second kappa shape index (κ2) is 15.7. The molecule has 0 radical (unpaired) electrons. The van der Waals surface area contributed by atoms with E-state index in [9.17, 15) is 18.4 Å². The van der Waals surface area contributed by atoms with E-state index >= 15 is 0 Å². The second-order valence-corrected chi connectivity index (χ2v) is 13.9. The van der Waals surface area contributed by atoms with Crippen LogP contribution in [0, 0.1) is 11.6 Å². The second-order valence-electron chi connectivity index (χ2n) is 13.9. The monoisotopic (exact) mass is 800 g/mol. The van der Waals surface area contributed by atoms with Crippen molar-refractivity contribution < 1.29 is 8.78 Å². The Morgan fingerprint density at radius 2 is 0.950 bits per heavy atom. The van der Waals surface area contributed by atoms with Crippen LogP contribution in [-0.4, -0.2) is 49.0 Å². The minimum atomic E-state index is -0.444. The number of aromatic amines is 2. The minimum absolute atomic E-state index is 0.281. The molecule has 10 aromatic rings. The van der Waals surface area contributed by atoms with E-state index in [4.69, 9.17) is 0 Å². The van der Waals surface area contributed by atoms with E-state index in [0.29, 0.717) is 66.9 Å². The zero-order valence-corrected chi connectivity index (χ0v) is 32.0. The maximum Gasteiger partial charge on any atom is 0.263 e. The first-order valence-corrected chi connectivity index (χ1v) is 18.9. The van der Waals surface area contributed by atoms with E-state index in [1.54, 1.807) is 33.9 Å². The van der Waals surface area contributed by atoms with Gasteiger partial charge in [-0.15, -0.1) is 0 Å². The Morgan fingerprint density at radius 3 is 1.37 bits per heavy atom. The van der Waals surface area contributed by atoms with Crippen molar-refractivity contribution in [3.05, 3.63) is 178 Å². The molecule has 60 heavy (non-hydrogen) atoms. The predicted molar refractivity (Wildman–Crippen MR) is 226 cm³/mol. The average molecular weight is 801 g/mol. The molecule has 0 bridgehead atoms. The van der Waals surface area contributed by atoms with Crippen molar-refractivity contribution in [2.24, 2.45) is 0 Å². The first-order chi connectivity index (χ1) is 29.2. The highest BCUT2D eigenvalue weighted by atomic mass is 19.1. The van der Waals surface area contributed by atoms with Gasteiger partial charge in [0.25, 0.3) is 11.1 Å². The quantitative estimate of drug-likeness (QED) is 0.118. The highest BCUT2D eigenvalue weighted by Gasteiger charge is 2.20. The number of anilines is 2. The number of nitrogens with zero attached hydrogens (tertiary/aromatic N) is 8. The first-order valence-electron chi connectivity index (χ1n) is 18.9. The lowest BCUT2D eigenvalue weighted by atomic mass is 10.1. The van der Waals surface area contributed by atoms with Crippen LogP contribution in [0.15, 0.2) is 144 Å². The fourth-order valence-corrected chi connectivity index (χ4v) is 7.23. The number of halogens is 2. The molecule has 2 atom stereocenters. The van der Waals surface area contributed by atoms with Gasteiger partial charge in [-0.1, -0.05) is 48.5 Å². The van der Waals surface area contributed by atoms with E-state index in [1.807, 2.05) is 86.6 Å². The van der Waals surface area contributed by atoms with Crippen molar-refractivity contribution in [1.29, 1.82) is 0 Å². The summed E-state index contributed by atoms with van der Waals surface area (Å²) in [6.45, 7) is 3.88. The number of fused-ring (bicyclic) bond motifs is 4. The fourth-order valence-electron chi connectivity index (χ4n) is 7.23. The van der Waals surface area contributed by atoms with Crippen LogP contribution in [0.4, 0.5) is 20.4 Å². The molecule has 16 heteroatoms. The average Bonchev–Trinajstić information content (AvgIpc) is 3.96. The number of hydrogen-bond donors (Lipinski definition) is 4. The van der Waals surface area contributed by atoms with Gasteiger partial charge in [-0.25, -0.2) is 38.7 Å². The first kappa shape index (κ1) is 37.4. The fraction of sp³-hybridized carbons (Fsp3) is 0.0909. The number of benzene rings is 4. The van der Waals surface area contributed by atoms with Gasteiger partial charge in [-0.2, -0.15) is 0 Å². The lowest BCUT2D eigenvalue weighted by Gasteiger charge is -2.21. The minimum Gasteiger partial charge on any atom is -0.360 e. The van der Waals surface area contributed by atoms with Gasteiger partial charge >= 0.3 is 0 Å². The number of pyridine rings is 2. The number of H-pyrrole nitrogens is 2. The van der Waals surface area contributed by atoms with Crippen molar-refractivity contribution in [1.82, 2.24) is 49.0 Å². The molecule has 0 fully saturated rings. The Balaban J connectivity index is 0.000000154. The van der Waals surface area contributed by atoms with E-state index in [1.165, 1.54) is 36.9 Å². The molecule has 6 heterocycles. The summed E-state index contributed by atoms with van der Waals surface area (Å²) in [5.41, 5.74) is 4.74. The van der Waals surface area contributed by atoms with Crippen LogP contribution in [0.25, 0.3) is 55.2 Å². The van der Waals surface area contributed by atoms with Gasteiger partial charge in [-0.05, 0) is 85.3 Å². The third-order valence-electron chi connectivity index (χ3n) is 10.1. The van der Waals surface area contributed by atoms with Crippen LogP contribution in [0.3, 0.4) is 0 Å². The predicted octanol–water partition coefficient (Wildman–Crippen LogP) is 7.94. The van der Waals surface area contributed by atoms with Crippen LogP contribution in [0.1, 0.15) is 37.3 Å². The molecule has 0 aliphatic carbocycles. The van der Waals surface area contributed by atoms with Crippen molar-refractivity contribution in [3.63, 3.8) is 0 Å². The molecule has 4 aromatic carbocycles. The molecule has 0 aliphatic rings. The lowest BCUT2D eigenvalue weighted by molar-refractivity contribution is 0.629. The Labute approximate surface area is 338 Å². The molecular weight excluding hydrogens is 767 g/mol. The molecule has 0 unspecified atom stereocenters. The maximum atomic E-state index is 13.8. The summed E-state index contributed by atoms with van der Waals surface area (Å²) < 4.78 is 30.9. The Morgan fingerprint density at radius 1 is 0.533 bits per heavy atom. The number of rotatable bonds is 8. The molecule has 14 nitrogen and oxygen atoms in total. The number of aromatic nitrogens is 10. The van der Waals surface area contributed by atoms with E-state index in [-0.39, 0.29) is 23.2 Å². The van der Waals surface area contributed by atoms with Crippen LogP contribution < -0.4 is 21.8 Å². The number of imidazole rings is 2. The van der Waals surface area contributed by atoms with Gasteiger partial charge in [0.1, 0.15) is 35.3 Å². The number of hydrogen-bond acceptors (Lipinski definition) is 10. The van der Waals surface area contributed by atoms with Crippen molar-refractivity contribution in [2.75, 3.05) is 10.6 Å². The van der Waals surface area contributed by atoms with Crippen molar-refractivity contribution >= 4 is 55.5 Å². The summed E-state index contributed by atoms with van der Waals surface area (Å²) in [6, 6.07) is 30.3. The van der Waals surface area contributed by atoms with Crippen LogP contribution in [0.5, 0.6) is 0 Å². The molecular formula is C44H34F2N12O2. The zero-order chi connectivity index (χ0) is 41.3. The normalized spacial score (nSPS) is 12.3. The van der Waals surface area contributed by atoms with Gasteiger partial charge in [0.05, 0.1) is 35.5 Å². The smallest absolute Gasteiger partial charge is 0.263 e. The summed E-state index contributed by atoms with van der Waals surface area (Å²) in [7, 11) is 0. The van der Waals surface area contributed by atoms with Crippen LogP contribution in [0.2, 0.25) is 0 Å². The molecule has 0 saturated carbocycles. The number of para-hydroxylation sites is 2. The molecule has 0 amide bonds. The summed E-state index contributed by atoms with van der Waals surface area (Å²) in [5.74, 6) is 0.272. The van der Waals surface area contributed by atoms with E-state index in [0.717, 1.165) is 11.4 Å². The highest BCUT2D eigenvalue weighted by Crippen LogP contribution is 2.28. The molecule has 4 N–H and O–H groups in total. The van der Waals surface area contributed by atoms with E-state index in [2.05, 4.69) is 50.5 Å². The summed E-state index contributed by atoms with van der Waals surface area (Å²) in [6.07, 6.45) is 5.98. The Hall–Kier alpha value is -8.14. The van der Waals surface area contributed by atoms with Crippen molar-refractivity contribution in [3.8, 4) is 11.4 Å². The molecule has 6 aromatic heterocycles. The summed E-state index contributed by atoms with van der Waals surface area (Å²) >= 11 is 0. The Bertz CT molecular complexity index is 3070.